The zero-order chi connectivity index (χ0) is 34.2. The maximum absolute atomic E-state index is 13.6. The van der Waals surface area contributed by atoms with Crippen LogP contribution in [0.15, 0.2) is 0 Å². The molecule has 3 N–H and O–H groups in total. The fourth-order valence-corrected chi connectivity index (χ4v) is 14.2. The molecule has 5 nitrogen and oxygen atoms in total. The van der Waals surface area contributed by atoms with Crippen LogP contribution in [0.25, 0.3) is 0 Å². The number of aliphatic hydroxyl groups excluding tert-OH is 1. The van der Waals surface area contributed by atoms with Gasteiger partial charge < -0.3 is 15.7 Å². The Morgan fingerprint density at radius 2 is 1.18 bits per heavy atom. The van der Waals surface area contributed by atoms with E-state index >= 15 is 0 Å². The molecule has 0 radical (unpaired) electrons. The number of nitrogens with zero attached hydrogens (tertiary/aromatic N) is 1. The highest BCUT2D eigenvalue weighted by Crippen LogP contribution is 2.52. The maximum Gasteiger partial charge on any atom is 0.225 e. The third kappa shape index (κ3) is 8.06. The van der Waals surface area contributed by atoms with E-state index < -0.39 is 6.10 Å². The Morgan fingerprint density at radius 1 is 0.620 bits per heavy atom. The molecule has 50 heavy (non-hydrogen) atoms. The molecule has 0 spiro atoms. The Labute approximate surface area is 307 Å². The molecule has 0 aromatic carbocycles. The van der Waals surface area contributed by atoms with Gasteiger partial charge in [0, 0.05) is 36.3 Å². The lowest BCUT2D eigenvalue weighted by Crippen LogP contribution is -2.53. The number of carbonyl (C=O) groups excluding carboxylic acids is 1. The van der Waals surface area contributed by atoms with Crippen LogP contribution in [0.1, 0.15) is 181 Å². The van der Waals surface area contributed by atoms with Crippen molar-refractivity contribution in [3.63, 3.8) is 0 Å². The van der Waals surface area contributed by atoms with Crippen LogP contribution >= 0.6 is 0 Å². The fourth-order valence-electron chi connectivity index (χ4n) is 14.2. The molecule has 0 bridgehead atoms. The number of carbonyl (C=O) groups is 1. The summed E-state index contributed by atoms with van der Waals surface area (Å²) in [6.07, 6.45) is 34.6. The lowest BCUT2D eigenvalue weighted by molar-refractivity contribution is -0.134. The van der Waals surface area contributed by atoms with Crippen LogP contribution in [0, 0.1) is 53.3 Å². The second-order valence-electron chi connectivity index (χ2n) is 20.3. The van der Waals surface area contributed by atoms with E-state index in [-0.39, 0.29) is 11.8 Å². The summed E-state index contributed by atoms with van der Waals surface area (Å²) in [5.41, 5.74) is 0. The van der Waals surface area contributed by atoms with E-state index in [4.69, 9.17) is 0 Å². The first kappa shape index (κ1) is 36.3. The Bertz CT molecular complexity index is 1060. The maximum atomic E-state index is 13.6. The standard InChI is InChI=1S/C45H77N3O2/c1-29-7-20-35(21-8-29)48(36-22-9-30(2)10-23-36)37-24-15-32(16-25-37)12-11-31-13-18-34(19-14-31)46-45(50)41-27-33-17-26-39-38-5-3-4-6-42(38)47-44(39)40(33)28-43(41)49/h29-44,47,49H,3-28H2,1-2H3,(H,46,50). The topological polar surface area (TPSA) is 64.6 Å². The number of hydrogen-bond donors (Lipinski definition) is 3. The lowest BCUT2D eigenvalue weighted by Gasteiger charge is -2.49. The summed E-state index contributed by atoms with van der Waals surface area (Å²) in [6.45, 7) is 4.96. The number of hydrogen-bond acceptors (Lipinski definition) is 4. The van der Waals surface area contributed by atoms with Gasteiger partial charge in [-0.05, 0) is 189 Å². The average molecular weight is 692 g/mol. The van der Waals surface area contributed by atoms with Gasteiger partial charge in [-0.15, -0.1) is 0 Å². The third-order valence-corrected chi connectivity index (χ3v) is 17.3. The molecule has 8 unspecified atom stereocenters. The number of amides is 1. The Morgan fingerprint density at radius 3 is 1.80 bits per heavy atom. The molecular weight excluding hydrogens is 615 g/mol. The molecule has 5 heteroatoms. The number of rotatable bonds is 8. The number of nitrogens with one attached hydrogen (secondary N) is 2. The predicted molar refractivity (Wildman–Crippen MR) is 205 cm³/mol. The molecule has 8 atom stereocenters. The molecule has 8 aliphatic rings. The highest BCUT2D eigenvalue weighted by molar-refractivity contribution is 5.79. The number of fused-ring (bicyclic) bond motifs is 5. The molecule has 1 heterocycles. The molecule has 284 valence electrons. The van der Waals surface area contributed by atoms with Crippen molar-refractivity contribution >= 4 is 5.91 Å². The van der Waals surface area contributed by atoms with E-state index in [2.05, 4.69) is 29.4 Å². The van der Waals surface area contributed by atoms with Gasteiger partial charge in [-0.25, -0.2) is 0 Å². The molecule has 0 aromatic rings. The molecule has 7 saturated carbocycles. The minimum absolute atomic E-state index is 0.172. The van der Waals surface area contributed by atoms with Crippen LogP contribution in [0.2, 0.25) is 0 Å². The van der Waals surface area contributed by atoms with Gasteiger partial charge in [-0.1, -0.05) is 39.5 Å². The minimum Gasteiger partial charge on any atom is -0.392 e. The summed E-state index contributed by atoms with van der Waals surface area (Å²) in [5, 5.41) is 18.9. The highest BCUT2D eigenvalue weighted by Gasteiger charge is 2.53. The van der Waals surface area contributed by atoms with Gasteiger partial charge in [0.2, 0.25) is 5.91 Å². The first-order valence-corrected chi connectivity index (χ1v) is 22.9. The highest BCUT2D eigenvalue weighted by atomic mass is 16.3. The van der Waals surface area contributed by atoms with Crippen LogP contribution in [0.3, 0.4) is 0 Å². The summed E-state index contributed by atoms with van der Waals surface area (Å²) in [4.78, 5) is 16.8. The molecule has 1 aliphatic heterocycles. The quantitative estimate of drug-likeness (QED) is 0.237. The largest absolute Gasteiger partial charge is 0.392 e. The second-order valence-corrected chi connectivity index (χ2v) is 20.3. The van der Waals surface area contributed by atoms with Crippen molar-refractivity contribution < 1.29 is 9.90 Å². The summed E-state index contributed by atoms with van der Waals surface area (Å²) >= 11 is 0. The smallest absolute Gasteiger partial charge is 0.225 e. The van der Waals surface area contributed by atoms with Crippen molar-refractivity contribution in [3.8, 4) is 0 Å². The van der Waals surface area contributed by atoms with Gasteiger partial charge >= 0.3 is 0 Å². The third-order valence-electron chi connectivity index (χ3n) is 17.3. The summed E-state index contributed by atoms with van der Waals surface area (Å²) < 4.78 is 0. The van der Waals surface area contributed by atoms with Crippen LogP contribution in [0.5, 0.6) is 0 Å². The van der Waals surface area contributed by atoms with E-state index in [0.717, 1.165) is 85.4 Å². The average Bonchev–Trinajstić information content (AvgIpc) is 3.53. The molecule has 7 aliphatic carbocycles. The SMILES string of the molecule is CC1CCC(N(C2CCC(C)CC2)C2CCC(CCC3CCC(NC(=O)C4CC5CCC6C7CCCCC7NC6C5CC4O)CC3)CC2)CC1. The summed E-state index contributed by atoms with van der Waals surface area (Å²) in [6, 6.07) is 4.24. The van der Waals surface area contributed by atoms with Crippen molar-refractivity contribution in [2.24, 2.45) is 53.3 Å². The van der Waals surface area contributed by atoms with Crippen LogP contribution in [-0.4, -0.2) is 58.3 Å². The van der Waals surface area contributed by atoms with Gasteiger partial charge in [0.1, 0.15) is 0 Å². The molecule has 1 amide bonds. The molecule has 0 aromatic heterocycles. The van der Waals surface area contributed by atoms with Crippen molar-refractivity contribution in [1.29, 1.82) is 0 Å². The van der Waals surface area contributed by atoms with Crippen LogP contribution < -0.4 is 10.6 Å². The fraction of sp³-hybridized carbons (Fsp3) is 0.978. The van der Waals surface area contributed by atoms with E-state index in [1.54, 1.807) is 0 Å². The van der Waals surface area contributed by atoms with Crippen molar-refractivity contribution in [2.75, 3.05) is 0 Å². The minimum atomic E-state index is -0.462. The van der Waals surface area contributed by atoms with Crippen molar-refractivity contribution in [3.05, 3.63) is 0 Å². The normalized spacial score (nSPS) is 48.3. The molecule has 8 fully saturated rings. The molecular formula is C45H77N3O2. The summed E-state index contributed by atoms with van der Waals surface area (Å²) in [7, 11) is 0. The van der Waals surface area contributed by atoms with Crippen molar-refractivity contribution in [2.45, 2.75) is 223 Å². The Kier molecular flexibility index (Phi) is 11.9. The molecule has 8 rings (SSSR count). The Hall–Kier alpha value is -0.650. The van der Waals surface area contributed by atoms with Gasteiger partial charge in [0.15, 0.2) is 0 Å². The number of aliphatic hydroxyl groups is 1. The van der Waals surface area contributed by atoms with Gasteiger partial charge in [0.05, 0.1) is 12.0 Å². The van der Waals surface area contributed by atoms with Gasteiger partial charge in [-0.2, -0.15) is 0 Å². The Balaban J connectivity index is 0.752. The zero-order valence-corrected chi connectivity index (χ0v) is 32.4. The van der Waals surface area contributed by atoms with E-state index in [1.165, 1.54) is 141 Å². The molecule has 1 saturated heterocycles. The van der Waals surface area contributed by atoms with Gasteiger partial charge in [-0.3, -0.25) is 9.69 Å². The van der Waals surface area contributed by atoms with Crippen LogP contribution in [-0.2, 0) is 4.79 Å². The first-order chi connectivity index (χ1) is 24.4. The van der Waals surface area contributed by atoms with E-state index in [1.807, 2.05) is 0 Å². The van der Waals surface area contributed by atoms with Crippen LogP contribution in [0.4, 0.5) is 0 Å². The monoisotopic (exact) mass is 692 g/mol. The summed E-state index contributed by atoms with van der Waals surface area (Å²) in [5.74, 6) is 6.54. The zero-order valence-electron chi connectivity index (χ0n) is 32.4. The van der Waals surface area contributed by atoms with Gasteiger partial charge in [0.25, 0.3) is 0 Å². The lowest BCUT2D eigenvalue weighted by atomic mass is 9.60. The predicted octanol–water partition coefficient (Wildman–Crippen LogP) is 9.40. The van der Waals surface area contributed by atoms with Crippen molar-refractivity contribution in [1.82, 2.24) is 15.5 Å². The van der Waals surface area contributed by atoms with E-state index in [9.17, 15) is 9.90 Å². The first-order valence-electron chi connectivity index (χ1n) is 22.9. The second kappa shape index (κ2) is 16.4. The van der Waals surface area contributed by atoms with E-state index in [0.29, 0.717) is 23.9 Å².